The molecule has 0 aliphatic rings. The van der Waals surface area contributed by atoms with Crippen molar-refractivity contribution in [1.29, 1.82) is 0 Å². The average Bonchev–Trinajstić information content (AvgIpc) is 2.94. The van der Waals surface area contributed by atoms with E-state index in [2.05, 4.69) is 21.5 Å². The van der Waals surface area contributed by atoms with Crippen molar-refractivity contribution < 1.29 is 8.81 Å². The maximum atomic E-state index is 12.9. The molecule has 7 nitrogen and oxygen atoms in total. The van der Waals surface area contributed by atoms with Gasteiger partial charge < -0.3 is 4.42 Å². The molecule has 8 heteroatoms. The number of halogens is 1. The second-order valence-electron chi connectivity index (χ2n) is 5.09. The number of hydrogen-bond acceptors (Lipinski definition) is 5. The van der Waals surface area contributed by atoms with Gasteiger partial charge in [0.05, 0.1) is 5.83 Å². The molecule has 0 aromatic carbocycles. The Labute approximate surface area is 134 Å². The number of hydrogen-bond donors (Lipinski definition) is 1. The van der Waals surface area contributed by atoms with Gasteiger partial charge >= 0.3 is 5.69 Å². The van der Waals surface area contributed by atoms with Gasteiger partial charge in [-0.2, -0.15) is 4.98 Å². The van der Waals surface area contributed by atoms with Crippen molar-refractivity contribution in [2.75, 3.05) is 0 Å². The van der Waals surface area contributed by atoms with Crippen LogP contribution in [0.25, 0.3) is 28.0 Å². The van der Waals surface area contributed by atoms with Gasteiger partial charge in [0.15, 0.2) is 11.2 Å². The number of allylic oxidation sites excluding steroid dienone is 5. The van der Waals surface area contributed by atoms with E-state index in [1.165, 1.54) is 36.8 Å². The van der Waals surface area contributed by atoms with Crippen molar-refractivity contribution in [2.45, 2.75) is 6.92 Å². The van der Waals surface area contributed by atoms with E-state index in [0.717, 1.165) is 0 Å². The Morgan fingerprint density at radius 2 is 2.12 bits per heavy atom. The first-order chi connectivity index (χ1) is 11.4. The fourth-order valence-electron chi connectivity index (χ4n) is 2.17. The lowest BCUT2D eigenvalue weighted by atomic mass is 10.2. The smallest absolute Gasteiger partial charge is 0.329 e. The van der Waals surface area contributed by atoms with Crippen molar-refractivity contribution >= 4 is 28.0 Å². The Morgan fingerprint density at radius 3 is 2.79 bits per heavy atom. The van der Waals surface area contributed by atoms with Gasteiger partial charge in [-0.1, -0.05) is 12.7 Å². The topological polar surface area (TPSA) is 93.8 Å². The lowest BCUT2D eigenvalue weighted by Crippen LogP contribution is -2.29. The van der Waals surface area contributed by atoms with Crippen LogP contribution in [-0.2, 0) is 7.05 Å². The molecule has 24 heavy (non-hydrogen) atoms. The zero-order valence-electron chi connectivity index (χ0n) is 13.0. The number of H-pyrrole nitrogens is 1. The molecule has 0 fully saturated rings. The predicted octanol–water partition coefficient (Wildman–Crippen LogP) is 2.21. The van der Waals surface area contributed by atoms with Crippen molar-refractivity contribution in [2.24, 2.45) is 7.05 Å². The summed E-state index contributed by atoms with van der Waals surface area (Å²) in [5.74, 6) is 0.00298. The Kier molecular flexibility index (Phi) is 3.72. The van der Waals surface area contributed by atoms with Crippen molar-refractivity contribution in [3.8, 4) is 0 Å². The van der Waals surface area contributed by atoms with E-state index in [0.29, 0.717) is 16.9 Å². The van der Waals surface area contributed by atoms with E-state index in [1.807, 2.05) is 0 Å². The third kappa shape index (κ3) is 2.58. The molecule has 0 bridgehead atoms. The van der Waals surface area contributed by atoms with E-state index in [1.54, 1.807) is 6.07 Å². The van der Waals surface area contributed by atoms with Crippen LogP contribution in [0.15, 0.2) is 50.7 Å². The molecule has 3 aromatic heterocycles. The average molecular weight is 328 g/mol. The summed E-state index contributed by atoms with van der Waals surface area (Å²) in [4.78, 5) is 34.1. The van der Waals surface area contributed by atoms with Crippen molar-refractivity contribution in [3.05, 3.63) is 63.3 Å². The molecule has 0 saturated heterocycles. The van der Waals surface area contributed by atoms with Crippen LogP contribution in [0.4, 0.5) is 4.39 Å². The monoisotopic (exact) mass is 328 g/mol. The number of rotatable bonds is 3. The number of furan rings is 1. The van der Waals surface area contributed by atoms with Crippen LogP contribution >= 0.6 is 0 Å². The molecule has 3 rings (SSSR count). The zero-order chi connectivity index (χ0) is 17.4. The van der Waals surface area contributed by atoms with Gasteiger partial charge in [-0.05, 0) is 19.1 Å². The number of aryl methyl sites for hydroxylation is 1. The third-order valence-corrected chi connectivity index (χ3v) is 3.40. The Bertz CT molecular complexity index is 1140. The van der Waals surface area contributed by atoms with Crippen LogP contribution in [-0.4, -0.2) is 19.5 Å². The molecule has 0 amide bonds. The molecule has 0 unspecified atom stereocenters. The number of aromatic amines is 1. The van der Waals surface area contributed by atoms with Crippen LogP contribution in [0.3, 0.4) is 0 Å². The lowest BCUT2D eigenvalue weighted by molar-refractivity contribution is 0.588. The summed E-state index contributed by atoms with van der Waals surface area (Å²) in [5.41, 5.74) is -0.0500. The largest absolute Gasteiger partial charge is 0.436 e. The molecule has 3 aromatic rings. The molecule has 3 heterocycles. The zero-order valence-corrected chi connectivity index (χ0v) is 13.0. The van der Waals surface area contributed by atoms with Crippen LogP contribution < -0.4 is 11.2 Å². The van der Waals surface area contributed by atoms with Gasteiger partial charge in [0.1, 0.15) is 11.3 Å². The highest BCUT2D eigenvalue weighted by Crippen LogP contribution is 2.24. The summed E-state index contributed by atoms with van der Waals surface area (Å²) in [6, 6.07) is 1.57. The molecule has 0 radical (unpaired) electrons. The van der Waals surface area contributed by atoms with E-state index >= 15 is 0 Å². The minimum Gasteiger partial charge on any atom is -0.436 e. The third-order valence-electron chi connectivity index (χ3n) is 3.40. The highest BCUT2D eigenvalue weighted by Gasteiger charge is 2.14. The summed E-state index contributed by atoms with van der Waals surface area (Å²) in [5, 5.41) is 0. The highest BCUT2D eigenvalue weighted by atomic mass is 19.1. The van der Waals surface area contributed by atoms with Gasteiger partial charge in [-0.3, -0.25) is 14.3 Å². The summed E-state index contributed by atoms with van der Waals surface area (Å²) < 4.78 is 19.7. The summed E-state index contributed by atoms with van der Waals surface area (Å²) >= 11 is 0. The van der Waals surface area contributed by atoms with Crippen LogP contribution in [0.1, 0.15) is 12.7 Å². The molecule has 0 spiro atoms. The van der Waals surface area contributed by atoms with Gasteiger partial charge in [-0.15, -0.1) is 0 Å². The minimum atomic E-state index is -0.624. The van der Waals surface area contributed by atoms with E-state index in [-0.39, 0.29) is 22.7 Å². The van der Waals surface area contributed by atoms with Gasteiger partial charge in [0.2, 0.25) is 5.71 Å². The van der Waals surface area contributed by atoms with Gasteiger partial charge in [-0.25, -0.2) is 14.2 Å². The normalized spacial score (nSPS) is 13.0. The van der Waals surface area contributed by atoms with Crippen molar-refractivity contribution in [3.63, 3.8) is 0 Å². The van der Waals surface area contributed by atoms with Crippen LogP contribution in [0, 0.1) is 0 Å². The van der Waals surface area contributed by atoms with E-state index in [4.69, 9.17) is 4.42 Å². The quantitative estimate of drug-likeness (QED) is 0.744. The first-order valence-electron chi connectivity index (χ1n) is 6.98. The second kappa shape index (κ2) is 5.73. The standard InChI is InChI=1S/C16H13FN4O3/c1-4-9(6-5-8(2)17)11-7-10-15(24-11)19-13-12(18-10)14(22)20-16(23)21(13)3/h4-7H,1H2,2-3H3,(H,20,22,23). The summed E-state index contributed by atoms with van der Waals surface area (Å²) in [6.45, 7) is 4.98. The molecule has 1 N–H and O–H groups in total. The molecule has 0 saturated carbocycles. The molecular formula is C16H13FN4O3. The second-order valence-corrected chi connectivity index (χ2v) is 5.09. The first-order valence-corrected chi connectivity index (χ1v) is 6.98. The van der Waals surface area contributed by atoms with E-state index in [9.17, 15) is 14.0 Å². The molecule has 0 aliphatic carbocycles. The van der Waals surface area contributed by atoms with Crippen LogP contribution in [0.5, 0.6) is 0 Å². The van der Waals surface area contributed by atoms with Gasteiger partial charge in [0, 0.05) is 18.7 Å². The predicted molar refractivity (Wildman–Crippen MR) is 88.2 cm³/mol. The fourth-order valence-corrected chi connectivity index (χ4v) is 2.17. The van der Waals surface area contributed by atoms with Crippen molar-refractivity contribution in [1.82, 2.24) is 19.5 Å². The summed E-state index contributed by atoms with van der Waals surface area (Å²) in [7, 11) is 1.47. The Morgan fingerprint density at radius 1 is 1.38 bits per heavy atom. The van der Waals surface area contributed by atoms with E-state index < -0.39 is 11.2 Å². The maximum absolute atomic E-state index is 12.9. The Balaban J connectivity index is 2.29. The highest BCUT2D eigenvalue weighted by molar-refractivity contribution is 5.84. The number of aromatic nitrogens is 4. The molecule has 0 atom stereocenters. The summed E-state index contributed by atoms with van der Waals surface area (Å²) in [6.07, 6.45) is 4.28. The Hall–Kier alpha value is -3.29. The minimum absolute atomic E-state index is 0.0283. The lowest BCUT2D eigenvalue weighted by Gasteiger charge is -2.00. The van der Waals surface area contributed by atoms with Crippen LogP contribution in [0.2, 0.25) is 0 Å². The molecule has 0 aliphatic heterocycles. The number of fused-ring (bicyclic) bond motifs is 2. The van der Waals surface area contributed by atoms with Gasteiger partial charge in [0.25, 0.3) is 5.56 Å². The maximum Gasteiger partial charge on any atom is 0.329 e. The SMILES string of the molecule is C=CC(=CC=C(C)F)c1cc2nc3c(=O)[nH]c(=O)n(C)c3nc2o1. The molecule has 122 valence electrons. The molecular weight excluding hydrogens is 315 g/mol. The fraction of sp³-hybridized carbons (Fsp3) is 0.125. The number of nitrogens with one attached hydrogen (secondary N) is 1. The first kappa shape index (κ1) is 15.6. The number of nitrogens with zero attached hydrogens (tertiary/aromatic N) is 3.